The minimum atomic E-state index is -3.36. The molecule has 1 fully saturated rings. The molecular weight excluding hydrogens is 214 g/mol. The first-order valence-corrected chi connectivity index (χ1v) is 6.55. The SMILES string of the molecule is CCS(=O)(=O)N1CSCC1C(=O)O. The van der Waals surface area contributed by atoms with Crippen LogP contribution in [0.3, 0.4) is 0 Å². The van der Waals surface area contributed by atoms with Gasteiger partial charge in [-0.25, -0.2) is 8.42 Å². The molecule has 1 heterocycles. The van der Waals surface area contributed by atoms with Gasteiger partial charge in [-0.3, -0.25) is 4.79 Å². The summed E-state index contributed by atoms with van der Waals surface area (Å²) in [4.78, 5) is 10.7. The molecule has 0 saturated carbocycles. The summed E-state index contributed by atoms with van der Waals surface area (Å²) >= 11 is 1.33. The lowest BCUT2D eigenvalue weighted by molar-refractivity contribution is -0.140. The predicted molar refractivity (Wildman–Crippen MR) is 50.0 cm³/mol. The van der Waals surface area contributed by atoms with Crippen molar-refractivity contribution < 1.29 is 18.3 Å². The van der Waals surface area contributed by atoms with Crippen molar-refractivity contribution in [2.24, 2.45) is 0 Å². The number of hydrogen-bond donors (Lipinski definition) is 1. The predicted octanol–water partition coefficient (Wildman–Crippen LogP) is -0.204. The van der Waals surface area contributed by atoms with Crippen molar-refractivity contribution in [1.82, 2.24) is 4.31 Å². The maximum Gasteiger partial charge on any atom is 0.322 e. The highest BCUT2D eigenvalue weighted by molar-refractivity contribution is 8.00. The summed E-state index contributed by atoms with van der Waals surface area (Å²) in [6.07, 6.45) is 0. The third kappa shape index (κ3) is 2.15. The van der Waals surface area contributed by atoms with E-state index in [1.165, 1.54) is 18.7 Å². The first-order chi connectivity index (χ1) is 5.99. The Morgan fingerprint density at radius 1 is 1.69 bits per heavy atom. The zero-order valence-corrected chi connectivity index (χ0v) is 8.77. The Kier molecular flexibility index (Phi) is 3.20. The van der Waals surface area contributed by atoms with Gasteiger partial charge in [0.25, 0.3) is 0 Å². The first kappa shape index (κ1) is 10.8. The molecule has 13 heavy (non-hydrogen) atoms. The molecule has 1 rings (SSSR count). The molecule has 1 saturated heterocycles. The quantitative estimate of drug-likeness (QED) is 0.719. The van der Waals surface area contributed by atoms with Gasteiger partial charge in [0.05, 0.1) is 11.6 Å². The molecule has 0 aromatic heterocycles. The highest BCUT2D eigenvalue weighted by atomic mass is 32.2. The second-order valence-corrected chi connectivity index (χ2v) is 5.85. The highest BCUT2D eigenvalue weighted by Gasteiger charge is 2.38. The van der Waals surface area contributed by atoms with E-state index >= 15 is 0 Å². The van der Waals surface area contributed by atoms with Gasteiger partial charge in [-0.15, -0.1) is 11.8 Å². The topological polar surface area (TPSA) is 74.7 Å². The van der Waals surface area contributed by atoms with Crippen molar-refractivity contribution in [3.63, 3.8) is 0 Å². The number of thioether (sulfide) groups is 1. The molecule has 7 heteroatoms. The Morgan fingerprint density at radius 3 is 2.77 bits per heavy atom. The van der Waals surface area contributed by atoms with Gasteiger partial charge in [0.1, 0.15) is 6.04 Å². The molecule has 1 N–H and O–H groups in total. The number of nitrogens with zero attached hydrogens (tertiary/aromatic N) is 1. The summed E-state index contributed by atoms with van der Waals surface area (Å²) in [6, 6.07) is -0.880. The second kappa shape index (κ2) is 3.85. The van der Waals surface area contributed by atoms with Crippen molar-refractivity contribution >= 4 is 27.8 Å². The van der Waals surface area contributed by atoms with Crippen LogP contribution in [0.2, 0.25) is 0 Å². The van der Waals surface area contributed by atoms with Crippen LogP contribution in [0.25, 0.3) is 0 Å². The van der Waals surface area contributed by atoms with Gasteiger partial charge in [-0.05, 0) is 6.92 Å². The van der Waals surface area contributed by atoms with Crippen molar-refractivity contribution in [3.8, 4) is 0 Å². The van der Waals surface area contributed by atoms with E-state index in [0.717, 1.165) is 4.31 Å². The average Bonchev–Trinajstić information content (AvgIpc) is 2.52. The Bertz CT molecular complexity index is 300. The molecule has 5 nitrogen and oxygen atoms in total. The van der Waals surface area contributed by atoms with Crippen LogP contribution in [-0.2, 0) is 14.8 Å². The highest BCUT2D eigenvalue weighted by Crippen LogP contribution is 2.24. The van der Waals surface area contributed by atoms with E-state index in [2.05, 4.69) is 0 Å². The number of aliphatic carboxylic acids is 1. The molecule has 0 amide bonds. The summed E-state index contributed by atoms with van der Waals surface area (Å²) < 4.78 is 23.8. The maximum absolute atomic E-state index is 11.4. The van der Waals surface area contributed by atoms with Gasteiger partial charge in [-0.1, -0.05) is 0 Å². The van der Waals surface area contributed by atoms with Crippen LogP contribution >= 0.6 is 11.8 Å². The van der Waals surface area contributed by atoms with E-state index < -0.39 is 22.0 Å². The lowest BCUT2D eigenvalue weighted by Crippen LogP contribution is -2.42. The van der Waals surface area contributed by atoms with Crippen LogP contribution in [0.4, 0.5) is 0 Å². The fourth-order valence-electron chi connectivity index (χ4n) is 1.06. The van der Waals surface area contributed by atoms with Gasteiger partial charge in [0.2, 0.25) is 10.0 Å². The van der Waals surface area contributed by atoms with Crippen molar-refractivity contribution in [2.45, 2.75) is 13.0 Å². The van der Waals surface area contributed by atoms with Gasteiger partial charge < -0.3 is 5.11 Å². The van der Waals surface area contributed by atoms with Crippen molar-refractivity contribution in [2.75, 3.05) is 17.4 Å². The maximum atomic E-state index is 11.4. The van der Waals surface area contributed by atoms with Crippen LogP contribution < -0.4 is 0 Å². The van der Waals surface area contributed by atoms with Gasteiger partial charge in [-0.2, -0.15) is 4.31 Å². The monoisotopic (exact) mass is 225 g/mol. The minimum absolute atomic E-state index is 0.0443. The Labute approximate surface area is 81.2 Å². The summed E-state index contributed by atoms with van der Waals surface area (Å²) in [5.74, 6) is -0.513. The molecule has 0 radical (unpaired) electrons. The van der Waals surface area contributed by atoms with E-state index in [9.17, 15) is 13.2 Å². The third-order valence-electron chi connectivity index (χ3n) is 1.85. The molecule has 1 atom stereocenters. The Balaban J connectivity index is 2.86. The van der Waals surface area contributed by atoms with Crippen LogP contribution in [0.1, 0.15) is 6.92 Å². The van der Waals surface area contributed by atoms with E-state index in [-0.39, 0.29) is 11.6 Å². The molecule has 0 aromatic carbocycles. The summed E-state index contributed by atoms with van der Waals surface area (Å²) in [5.41, 5.74) is 0. The number of carboxylic acids is 1. The lowest BCUT2D eigenvalue weighted by Gasteiger charge is -2.18. The second-order valence-electron chi connectivity index (χ2n) is 2.64. The molecule has 0 aromatic rings. The molecule has 1 unspecified atom stereocenters. The standard InChI is InChI=1S/C6H11NO4S2/c1-2-13(10,11)7-4-12-3-5(7)6(8)9/h5H,2-4H2,1H3,(H,8,9). The zero-order valence-electron chi connectivity index (χ0n) is 7.13. The molecule has 1 aliphatic heterocycles. The number of sulfonamides is 1. The smallest absolute Gasteiger partial charge is 0.322 e. The van der Waals surface area contributed by atoms with E-state index in [1.807, 2.05) is 0 Å². The van der Waals surface area contributed by atoms with E-state index in [1.54, 1.807) is 0 Å². The summed E-state index contributed by atoms with van der Waals surface area (Å²) in [5, 5.41) is 8.72. The molecule has 0 aliphatic carbocycles. The van der Waals surface area contributed by atoms with Crippen molar-refractivity contribution in [3.05, 3.63) is 0 Å². The molecule has 76 valence electrons. The number of carboxylic acid groups (broad SMARTS) is 1. The molecule has 0 spiro atoms. The Hall–Kier alpha value is -0.270. The zero-order chi connectivity index (χ0) is 10.1. The summed E-state index contributed by atoms with van der Waals surface area (Å²) in [6.45, 7) is 1.51. The van der Waals surface area contributed by atoms with Crippen molar-refractivity contribution in [1.29, 1.82) is 0 Å². The first-order valence-electron chi connectivity index (χ1n) is 3.79. The lowest BCUT2D eigenvalue weighted by atomic mass is 10.4. The summed E-state index contributed by atoms with van der Waals surface area (Å²) in [7, 11) is -3.36. The molecular formula is C6H11NO4S2. The van der Waals surface area contributed by atoms with Crippen LogP contribution in [-0.4, -0.2) is 47.2 Å². The number of carbonyl (C=O) groups is 1. The van der Waals surface area contributed by atoms with Crippen LogP contribution in [0.15, 0.2) is 0 Å². The van der Waals surface area contributed by atoms with Crippen LogP contribution in [0, 0.1) is 0 Å². The van der Waals surface area contributed by atoms with Gasteiger partial charge in [0.15, 0.2) is 0 Å². The number of hydrogen-bond acceptors (Lipinski definition) is 4. The largest absolute Gasteiger partial charge is 0.480 e. The van der Waals surface area contributed by atoms with Gasteiger partial charge >= 0.3 is 5.97 Å². The number of rotatable bonds is 3. The third-order valence-corrected chi connectivity index (χ3v) is 4.85. The average molecular weight is 225 g/mol. The molecule has 1 aliphatic rings. The molecule has 0 bridgehead atoms. The fourth-order valence-corrected chi connectivity index (χ4v) is 3.92. The fraction of sp³-hybridized carbons (Fsp3) is 0.833. The van der Waals surface area contributed by atoms with Gasteiger partial charge in [0, 0.05) is 5.75 Å². The Morgan fingerprint density at radius 2 is 2.31 bits per heavy atom. The van der Waals surface area contributed by atoms with E-state index in [4.69, 9.17) is 5.11 Å². The van der Waals surface area contributed by atoms with Crippen LogP contribution in [0.5, 0.6) is 0 Å². The minimum Gasteiger partial charge on any atom is -0.480 e. The van der Waals surface area contributed by atoms with E-state index in [0.29, 0.717) is 5.75 Å². The normalized spacial score (nSPS) is 24.8.